The highest BCUT2D eigenvalue weighted by Crippen LogP contribution is 2.43. The van der Waals surface area contributed by atoms with Crippen molar-refractivity contribution in [2.75, 3.05) is 13.7 Å². The second kappa shape index (κ2) is 6.75. The number of aromatic nitrogens is 1. The van der Waals surface area contributed by atoms with E-state index in [4.69, 9.17) is 9.47 Å². The highest BCUT2D eigenvalue weighted by molar-refractivity contribution is 5.93. The lowest BCUT2D eigenvalue weighted by Crippen LogP contribution is -2.48. The Labute approximate surface area is 147 Å². The first-order valence-electron chi connectivity index (χ1n) is 8.77. The minimum Gasteiger partial charge on any atom is -0.497 e. The van der Waals surface area contributed by atoms with Gasteiger partial charge in [-0.25, -0.2) is 0 Å². The summed E-state index contributed by atoms with van der Waals surface area (Å²) in [7, 11) is 1.65. The second-order valence-electron chi connectivity index (χ2n) is 6.71. The third-order valence-electron chi connectivity index (χ3n) is 5.34. The normalized spacial score (nSPS) is 24.4. The molecule has 2 fully saturated rings. The van der Waals surface area contributed by atoms with Crippen LogP contribution in [0.2, 0.25) is 0 Å². The van der Waals surface area contributed by atoms with E-state index in [1.165, 1.54) is 6.42 Å². The Bertz CT molecular complexity index is 732. The summed E-state index contributed by atoms with van der Waals surface area (Å²) in [6.45, 7) is 0.520. The quantitative estimate of drug-likeness (QED) is 0.840. The lowest BCUT2D eigenvalue weighted by Gasteiger charge is -2.35. The number of carbonyl (C=O) groups is 1. The molecule has 2 bridgehead atoms. The third-order valence-corrected chi connectivity index (χ3v) is 5.34. The number of benzene rings is 1. The molecule has 130 valence electrons. The van der Waals surface area contributed by atoms with Gasteiger partial charge in [0.15, 0.2) is 0 Å². The number of rotatable bonds is 5. The van der Waals surface area contributed by atoms with E-state index in [1.54, 1.807) is 19.4 Å². The van der Waals surface area contributed by atoms with Gasteiger partial charge in [-0.05, 0) is 61.6 Å². The molecule has 5 heteroatoms. The average Bonchev–Trinajstić information content (AvgIpc) is 3.28. The predicted molar refractivity (Wildman–Crippen MR) is 93.8 cm³/mol. The summed E-state index contributed by atoms with van der Waals surface area (Å²) in [4.78, 5) is 19.2. The van der Waals surface area contributed by atoms with E-state index in [1.807, 2.05) is 41.3 Å². The standard InChI is InChI=1S/C20H22N2O3/c1-24-16-7-9-17(10-8-16)25-13-19-14-5-6-15(12-14)22(19)20(23)18-4-2-3-11-21-18/h2-4,7-11,14-15,19H,5-6,12-13H2,1H3/t14?,15?,19-/m0/s1. The lowest BCUT2D eigenvalue weighted by molar-refractivity contribution is 0.0500. The van der Waals surface area contributed by atoms with Crippen LogP contribution in [0, 0.1) is 5.92 Å². The first kappa shape index (κ1) is 15.9. The third kappa shape index (κ3) is 3.06. The summed E-state index contributed by atoms with van der Waals surface area (Å²) in [6, 6.07) is 13.5. The van der Waals surface area contributed by atoms with Gasteiger partial charge in [0, 0.05) is 12.2 Å². The van der Waals surface area contributed by atoms with E-state index in [-0.39, 0.29) is 11.9 Å². The number of hydrogen-bond acceptors (Lipinski definition) is 4. The Kier molecular flexibility index (Phi) is 4.30. The molecule has 2 unspecified atom stereocenters. The molecule has 2 heterocycles. The van der Waals surface area contributed by atoms with E-state index < -0.39 is 0 Å². The van der Waals surface area contributed by atoms with Crippen LogP contribution < -0.4 is 9.47 Å². The largest absolute Gasteiger partial charge is 0.497 e. The van der Waals surface area contributed by atoms with Gasteiger partial charge in [-0.1, -0.05) is 6.07 Å². The number of nitrogens with zero attached hydrogens (tertiary/aromatic N) is 2. The summed E-state index contributed by atoms with van der Waals surface area (Å²) < 4.78 is 11.2. The molecular formula is C20H22N2O3. The maximum Gasteiger partial charge on any atom is 0.273 e. The van der Waals surface area contributed by atoms with Crippen molar-refractivity contribution in [1.29, 1.82) is 0 Å². The van der Waals surface area contributed by atoms with E-state index in [0.717, 1.165) is 24.3 Å². The summed E-state index contributed by atoms with van der Waals surface area (Å²) in [6.07, 6.45) is 5.01. The van der Waals surface area contributed by atoms with Crippen molar-refractivity contribution in [2.45, 2.75) is 31.3 Å². The number of carbonyl (C=O) groups excluding carboxylic acids is 1. The molecule has 1 amide bonds. The van der Waals surface area contributed by atoms with Crippen LogP contribution in [-0.2, 0) is 0 Å². The van der Waals surface area contributed by atoms with Crippen molar-refractivity contribution >= 4 is 5.91 Å². The van der Waals surface area contributed by atoms with Gasteiger partial charge in [0.2, 0.25) is 0 Å². The summed E-state index contributed by atoms with van der Waals surface area (Å²) in [5, 5.41) is 0. The summed E-state index contributed by atoms with van der Waals surface area (Å²) >= 11 is 0. The van der Waals surface area contributed by atoms with Gasteiger partial charge in [-0.15, -0.1) is 0 Å². The molecule has 4 rings (SSSR count). The first-order valence-corrected chi connectivity index (χ1v) is 8.77. The number of piperidine rings is 1. The molecule has 5 nitrogen and oxygen atoms in total. The molecule has 1 aromatic heterocycles. The topological polar surface area (TPSA) is 51.7 Å². The molecule has 2 aromatic rings. The maximum atomic E-state index is 12.9. The Morgan fingerprint density at radius 1 is 1.16 bits per heavy atom. The van der Waals surface area contributed by atoms with Gasteiger partial charge < -0.3 is 14.4 Å². The molecule has 25 heavy (non-hydrogen) atoms. The molecule has 1 aromatic carbocycles. The number of pyridine rings is 1. The second-order valence-corrected chi connectivity index (χ2v) is 6.71. The van der Waals surface area contributed by atoms with Gasteiger partial charge in [-0.3, -0.25) is 9.78 Å². The van der Waals surface area contributed by atoms with Crippen LogP contribution in [0.3, 0.4) is 0 Å². The van der Waals surface area contributed by atoms with Crippen LogP contribution in [0.1, 0.15) is 29.8 Å². The minimum absolute atomic E-state index is 0.0242. The Morgan fingerprint density at radius 3 is 2.68 bits per heavy atom. The van der Waals surface area contributed by atoms with Crippen LogP contribution in [0.5, 0.6) is 11.5 Å². The molecule has 1 saturated heterocycles. The number of ether oxygens (including phenoxy) is 2. The smallest absolute Gasteiger partial charge is 0.273 e. The number of hydrogen-bond donors (Lipinski definition) is 0. The molecule has 0 spiro atoms. The monoisotopic (exact) mass is 338 g/mol. The summed E-state index contributed by atoms with van der Waals surface area (Å²) in [5.41, 5.74) is 0.518. The van der Waals surface area contributed by atoms with E-state index >= 15 is 0 Å². The highest BCUT2D eigenvalue weighted by Gasteiger charge is 2.48. The van der Waals surface area contributed by atoms with E-state index in [9.17, 15) is 4.79 Å². The molecule has 1 aliphatic heterocycles. The molecule has 1 aliphatic carbocycles. The number of methoxy groups -OCH3 is 1. The molecular weight excluding hydrogens is 316 g/mol. The zero-order valence-corrected chi connectivity index (χ0v) is 14.3. The van der Waals surface area contributed by atoms with E-state index in [0.29, 0.717) is 24.3 Å². The number of likely N-dealkylation sites (tertiary alicyclic amines) is 1. The highest BCUT2D eigenvalue weighted by atomic mass is 16.5. The number of fused-ring (bicyclic) bond motifs is 2. The SMILES string of the molecule is COc1ccc(OC[C@H]2C3CCC(C3)N2C(=O)c2ccccn2)cc1. The van der Waals surface area contributed by atoms with Gasteiger partial charge in [0.1, 0.15) is 23.8 Å². The fourth-order valence-corrected chi connectivity index (χ4v) is 4.10. The van der Waals surface area contributed by atoms with Crippen LogP contribution in [0.25, 0.3) is 0 Å². The first-order chi connectivity index (χ1) is 12.3. The van der Waals surface area contributed by atoms with Crippen molar-refractivity contribution in [3.05, 3.63) is 54.4 Å². The van der Waals surface area contributed by atoms with Crippen molar-refractivity contribution in [3.63, 3.8) is 0 Å². The Hall–Kier alpha value is -2.56. The fraction of sp³-hybridized carbons (Fsp3) is 0.400. The fourth-order valence-electron chi connectivity index (χ4n) is 4.10. The van der Waals surface area contributed by atoms with Crippen LogP contribution >= 0.6 is 0 Å². The van der Waals surface area contributed by atoms with Gasteiger partial charge >= 0.3 is 0 Å². The van der Waals surface area contributed by atoms with Gasteiger partial charge in [0.25, 0.3) is 5.91 Å². The Morgan fingerprint density at radius 2 is 1.96 bits per heavy atom. The molecule has 2 aliphatic rings. The van der Waals surface area contributed by atoms with Crippen molar-refractivity contribution in [1.82, 2.24) is 9.88 Å². The average molecular weight is 338 g/mol. The summed E-state index contributed by atoms with van der Waals surface area (Å²) in [5.74, 6) is 2.15. The van der Waals surface area contributed by atoms with Gasteiger partial charge in [0.05, 0.1) is 13.2 Å². The van der Waals surface area contributed by atoms with Crippen molar-refractivity contribution < 1.29 is 14.3 Å². The van der Waals surface area contributed by atoms with Crippen molar-refractivity contribution in [2.24, 2.45) is 5.92 Å². The Balaban J connectivity index is 1.48. The van der Waals surface area contributed by atoms with Crippen LogP contribution in [0.4, 0.5) is 0 Å². The van der Waals surface area contributed by atoms with Crippen LogP contribution in [-0.4, -0.2) is 41.6 Å². The minimum atomic E-state index is 0.0242. The molecule has 3 atom stereocenters. The van der Waals surface area contributed by atoms with E-state index in [2.05, 4.69) is 4.98 Å². The zero-order chi connectivity index (χ0) is 17.2. The van der Waals surface area contributed by atoms with Crippen LogP contribution in [0.15, 0.2) is 48.7 Å². The zero-order valence-electron chi connectivity index (χ0n) is 14.3. The van der Waals surface area contributed by atoms with Gasteiger partial charge in [-0.2, -0.15) is 0 Å². The maximum absolute atomic E-state index is 12.9. The number of amides is 1. The van der Waals surface area contributed by atoms with Crippen molar-refractivity contribution in [3.8, 4) is 11.5 Å². The lowest BCUT2D eigenvalue weighted by atomic mass is 9.99. The predicted octanol–water partition coefficient (Wildman–Crippen LogP) is 3.16. The molecule has 0 N–H and O–H groups in total. The molecule has 1 saturated carbocycles. The molecule has 0 radical (unpaired) electrons.